The predicted octanol–water partition coefficient (Wildman–Crippen LogP) is 6.85. The van der Waals surface area contributed by atoms with Gasteiger partial charge in [0, 0.05) is 35.9 Å². The predicted molar refractivity (Wildman–Crippen MR) is 114 cm³/mol. The minimum absolute atomic E-state index is 0.0318. The highest BCUT2D eigenvalue weighted by Gasteiger charge is 2.42. The number of nitrogens with zero attached hydrogens (tertiary/aromatic N) is 3. The Labute approximate surface area is 171 Å². The molecule has 29 heavy (non-hydrogen) atoms. The first kappa shape index (κ1) is 22.0. The van der Waals surface area contributed by atoms with E-state index in [4.69, 9.17) is 4.74 Å². The molecular formula is C22H29F3N3P. The van der Waals surface area contributed by atoms with E-state index < -0.39 is 18.9 Å². The fourth-order valence-electron chi connectivity index (χ4n) is 4.10. The van der Waals surface area contributed by atoms with Gasteiger partial charge >= 0.3 is 6.18 Å². The smallest absolute Gasteiger partial charge is 0.265 e. The zero-order chi connectivity index (χ0) is 21.1. The molecule has 3 nitrogen and oxygen atoms in total. The second-order valence-electron chi connectivity index (χ2n) is 8.46. The molecule has 3 rings (SSSR count). The molecule has 2 aromatic rings. The number of hydrogen-bond acceptors (Lipinski definition) is 2. The Morgan fingerprint density at radius 2 is 1.48 bits per heavy atom. The number of benzene rings is 1. The van der Waals surface area contributed by atoms with Gasteiger partial charge in [-0.1, -0.05) is 45.7 Å². The van der Waals surface area contributed by atoms with Gasteiger partial charge in [0.25, 0.3) is 0 Å². The van der Waals surface area contributed by atoms with Crippen LogP contribution in [0.25, 0.3) is 0 Å². The van der Waals surface area contributed by atoms with E-state index in [-0.39, 0.29) is 10.8 Å². The van der Waals surface area contributed by atoms with Crippen LogP contribution in [0.3, 0.4) is 0 Å². The molecule has 1 aliphatic heterocycles. The van der Waals surface area contributed by atoms with Crippen LogP contribution in [0.4, 0.5) is 18.9 Å². The maximum atomic E-state index is 13.8. The average molecular weight is 423 g/mol. The lowest BCUT2D eigenvalue weighted by molar-refractivity contribution is -0.137. The summed E-state index contributed by atoms with van der Waals surface area (Å²) in [6.45, 7) is 8.01. The van der Waals surface area contributed by atoms with Crippen molar-refractivity contribution in [3.05, 3.63) is 54.4 Å². The average Bonchev–Trinajstić information content (AvgIpc) is 2.95. The Balaban J connectivity index is 2.35. The summed E-state index contributed by atoms with van der Waals surface area (Å²) in [4.78, 5) is 4.15. The number of hydrogen-bond donors (Lipinski definition) is 0. The maximum Gasteiger partial charge on any atom is 0.418 e. The topological polar surface area (TPSA) is 28.5 Å². The number of rotatable bonds is 3. The van der Waals surface area contributed by atoms with Crippen molar-refractivity contribution in [3.8, 4) is 0 Å². The fourth-order valence-corrected chi connectivity index (χ4v) is 8.49. The largest absolute Gasteiger partial charge is 0.418 e. The molecule has 7 heteroatoms. The Hall–Kier alpha value is -1.65. The third kappa shape index (κ3) is 4.59. The molecule has 0 N–H and O–H groups in total. The number of halogens is 3. The molecule has 0 amide bonds. The molecule has 0 bridgehead atoms. The molecular weight excluding hydrogens is 394 g/mol. The zero-order valence-electron chi connectivity index (χ0n) is 17.3. The van der Waals surface area contributed by atoms with Crippen LogP contribution >= 0.6 is 7.21 Å². The summed E-state index contributed by atoms with van der Waals surface area (Å²) < 4.78 is 48.7. The van der Waals surface area contributed by atoms with E-state index in [0.717, 1.165) is 50.1 Å². The molecule has 1 saturated heterocycles. The standard InChI is InChI=1S/C22H29F3N3P/c1-21(2,3)29(18-12-14-26-15-13-18,28-16-8-4-5-9-17-28)27-20-11-7-6-10-19(20)22(23,24)25/h6-7,10-15H,4-5,8-9,16-17H2,1-3H3/t29-/m1/s1. The van der Waals surface area contributed by atoms with Gasteiger partial charge in [0.15, 0.2) is 0 Å². The van der Waals surface area contributed by atoms with Gasteiger partial charge < -0.3 is 0 Å². The van der Waals surface area contributed by atoms with Crippen LogP contribution in [-0.2, 0) is 6.18 Å². The molecule has 0 unspecified atom stereocenters. The van der Waals surface area contributed by atoms with Gasteiger partial charge in [-0.2, -0.15) is 13.2 Å². The van der Waals surface area contributed by atoms with E-state index in [2.05, 4.69) is 30.4 Å². The first-order valence-corrected chi connectivity index (χ1v) is 11.8. The minimum atomic E-state index is -4.44. The summed E-state index contributed by atoms with van der Waals surface area (Å²) in [5.41, 5.74) is -0.637. The fraction of sp³-hybridized carbons (Fsp3) is 0.500. The van der Waals surface area contributed by atoms with Crippen LogP contribution in [0.15, 0.2) is 53.5 Å². The SMILES string of the molecule is CC(C)(C)[P@@](=Nc1ccccc1C(F)(F)F)(c1ccncc1)N1CCCCCC1. The Morgan fingerprint density at radius 1 is 0.897 bits per heavy atom. The minimum Gasteiger partial charge on any atom is -0.265 e. The van der Waals surface area contributed by atoms with Crippen molar-refractivity contribution >= 4 is 18.2 Å². The van der Waals surface area contributed by atoms with Crippen molar-refractivity contribution < 1.29 is 13.2 Å². The van der Waals surface area contributed by atoms with Gasteiger partial charge in [-0.05, 0) is 37.1 Å². The molecule has 1 aromatic carbocycles. The second-order valence-corrected chi connectivity index (χ2v) is 12.3. The van der Waals surface area contributed by atoms with Gasteiger partial charge in [0.2, 0.25) is 0 Å². The Bertz CT molecular complexity index is 865. The van der Waals surface area contributed by atoms with Gasteiger partial charge in [-0.3, -0.25) is 9.65 Å². The van der Waals surface area contributed by atoms with E-state index in [0.29, 0.717) is 0 Å². The molecule has 0 saturated carbocycles. The quantitative estimate of drug-likeness (QED) is 0.505. The molecule has 0 aliphatic carbocycles. The van der Waals surface area contributed by atoms with Crippen molar-refractivity contribution in [1.82, 2.24) is 9.65 Å². The highest BCUT2D eigenvalue weighted by molar-refractivity contribution is 7.73. The lowest BCUT2D eigenvalue weighted by Crippen LogP contribution is -2.37. The normalized spacial score (nSPS) is 18.7. The van der Waals surface area contributed by atoms with Crippen molar-refractivity contribution in [2.75, 3.05) is 13.1 Å². The summed E-state index contributed by atoms with van der Waals surface area (Å²) in [5.74, 6) is 0. The van der Waals surface area contributed by atoms with Crippen LogP contribution in [-0.4, -0.2) is 27.9 Å². The highest BCUT2D eigenvalue weighted by atomic mass is 31.2. The third-order valence-corrected chi connectivity index (χ3v) is 10.0. The summed E-state index contributed by atoms with van der Waals surface area (Å²) >= 11 is 0. The lowest BCUT2D eigenvalue weighted by Gasteiger charge is -2.45. The maximum absolute atomic E-state index is 13.8. The van der Waals surface area contributed by atoms with E-state index >= 15 is 0 Å². The Kier molecular flexibility index (Phi) is 6.54. The number of aromatic nitrogens is 1. The van der Waals surface area contributed by atoms with Crippen LogP contribution in [0.1, 0.15) is 52.0 Å². The molecule has 0 radical (unpaired) electrons. The van der Waals surface area contributed by atoms with Gasteiger partial charge in [0.05, 0.1) is 18.5 Å². The summed E-state index contributed by atoms with van der Waals surface area (Å²) in [5, 5.41) is 0.649. The van der Waals surface area contributed by atoms with Crippen molar-refractivity contribution in [1.29, 1.82) is 0 Å². The van der Waals surface area contributed by atoms with Crippen LogP contribution < -0.4 is 5.30 Å². The molecule has 0 spiro atoms. The summed E-state index contributed by atoms with van der Waals surface area (Å²) in [7, 11) is -2.54. The monoisotopic (exact) mass is 423 g/mol. The first-order chi connectivity index (χ1) is 13.7. The molecule has 1 aliphatic rings. The van der Waals surface area contributed by atoms with Gasteiger partial charge in [-0.15, -0.1) is 0 Å². The summed E-state index contributed by atoms with van der Waals surface area (Å²) in [6, 6.07) is 9.57. The molecule has 158 valence electrons. The van der Waals surface area contributed by atoms with E-state index in [1.807, 2.05) is 12.1 Å². The van der Waals surface area contributed by atoms with Crippen LogP contribution in [0.5, 0.6) is 0 Å². The van der Waals surface area contributed by atoms with Gasteiger partial charge in [0.1, 0.15) is 0 Å². The number of pyridine rings is 1. The number of alkyl halides is 3. The zero-order valence-corrected chi connectivity index (χ0v) is 18.2. The van der Waals surface area contributed by atoms with Crippen molar-refractivity contribution in [2.24, 2.45) is 4.74 Å². The van der Waals surface area contributed by atoms with Gasteiger partial charge in [-0.25, -0.2) is 4.74 Å². The lowest BCUT2D eigenvalue weighted by atomic mass is 10.2. The second kappa shape index (κ2) is 8.61. The third-order valence-electron chi connectivity index (χ3n) is 5.41. The molecule has 1 aromatic heterocycles. The van der Waals surface area contributed by atoms with Crippen LogP contribution in [0.2, 0.25) is 0 Å². The van der Waals surface area contributed by atoms with E-state index in [1.54, 1.807) is 18.5 Å². The van der Waals surface area contributed by atoms with Crippen molar-refractivity contribution in [2.45, 2.75) is 57.8 Å². The first-order valence-electron chi connectivity index (χ1n) is 10.1. The highest BCUT2D eigenvalue weighted by Crippen LogP contribution is 2.65. The van der Waals surface area contributed by atoms with Crippen molar-refractivity contribution in [3.63, 3.8) is 0 Å². The molecule has 1 atom stereocenters. The summed E-state index contributed by atoms with van der Waals surface area (Å²) in [6.07, 6.45) is 3.38. The molecule has 1 fully saturated rings. The molecule has 2 heterocycles. The van der Waals surface area contributed by atoms with E-state index in [9.17, 15) is 13.2 Å². The Morgan fingerprint density at radius 3 is 2.03 bits per heavy atom. The van der Waals surface area contributed by atoms with Crippen LogP contribution in [0, 0.1) is 0 Å². The van der Waals surface area contributed by atoms with E-state index in [1.165, 1.54) is 12.1 Å².